The van der Waals surface area contributed by atoms with Crippen molar-refractivity contribution >= 4 is 12.1 Å². The van der Waals surface area contributed by atoms with Crippen LogP contribution in [0.2, 0.25) is 0 Å². The molecule has 1 amide bonds. The number of rotatable bonds is 19. The zero-order chi connectivity index (χ0) is 28.6. The summed E-state index contributed by atoms with van der Waals surface area (Å²) in [7, 11) is 1.43. The fourth-order valence-electron chi connectivity index (χ4n) is 3.59. The van der Waals surface area contributed by atoms with E-state index in [1.807, 2.05) is 6.07 Å². The second-order valence-electron chi connectivity index (χ2n) is 10.1. The predicted octanol–water partition coefficient (Wildman–Crippen LogP) is 2.72. The smallest absolute Gasteiger partial charge is 0.410 e. The molecule has 1 rings (SSSR count). The van der Waals surface area contributed by atoms with Crippen LogP contribution in [0.3, 0.4) is 0 Å². The van der Waals surface area contributed by atoms with Crippen molar-refractivity contribution in [2.45, 2.75) is 51.7 Å². The fourth-order valence-corrected chi connectivity index (χ4v) is 3.59. The molecule has 1 aromatic carbocycles. The molecule has 11 heteroatoms. The molecule has 0 aliphatic carbocycles. The highest BCUT2D eigenvalue weighted by Gasteiger charge is 2.43. The van der Waals surface area contributed by atoms with Gasteiger partial charge in [0.05, 0.1) is 59.5 Å². The van der Waals surface area contributed by atoms with E-state index in [4.69, 9.17) is 33.5 Å². The van der Waals surface area contributed by atoms with E-state index in [0.717, 1.165) is 4.90 Å². The van der Waals surface area contributed by atoms with Crippen LogP contribution in [0.5, 0.6) is 5.75 Å². The highest BCUT2D eigenvalue weighted by molar-refractivity contribution is 5.82. The molecule has 11 nitrogen and oxygen atoms in total. The average Bonchev–Trinajstić information content (AvgIpc) is 2.83. The van der Waals surface area contributed by atoms with Gasteiger partial charge < -0.3 is 38.6 Å². The molecule has 38 heavy (non-hydrogen) atoms. The molecule has 0 aliphatic heterocycles. The number of carbonyl (C=O) groups is 2. The zero-order valence-corrected chi connectivity index (χ0v) is 23.6. The Morgan fingerprint density at radius 3 is 1.82 bits per heavy atom. The topological polar surface area (TPSA) is 133 Å². The summed E-state index contributed by atoms with van der Waals surface area (Å²) in [5.41, 5.74) is -0.985. The summed E-state index contributed by atoms with van der Waals surface area (Å²) >= 11 is 0. The lowest BCUT2D eigenvalue weighted by Gasteiger charge is -2.38. The van der Waals surface area contributed by atoms with E-state index in [1.165, 1.54) is 7.05 Å². The van der Waals surface area contributed by atoms with Crippen LogP contribution < -0.4 is 4.74 Å². The Bertz CT molecular complexity index is 824. The standard InChI is InChI=1S/C27H45NO10/c1-26(2,3)38-25(32)28(6)23(24(30)31)27(4,5)21-8-7-9-22(20-21)37-19-18-36-17-16-35-15-14-34-13-12-33-11-10-29/h7-9,20,23,29H,10-19H2,1-6H3,(H,30,31)/t23-/m1/s1. The van der Waals surface area contributed by atoms with Gasteiger partial charge in [-0.15, -0.1) is 0 Å². The van der Waals surface area contributed by atoms with Gasteiger partial charge in [-0.1, -0.05) is 26.0 Å². The Hall–Kier alpha value is -2.44. The maximum Gasteiger partial charge on any atom is 0.410 e. The van der Waals surface area contributed by atoms with E-state index >= 15 is 0 Å². The highest BCUT2D eigenvalue weighted by atomic mass is 16.6. The van der Waals surface area contributed by atoms with Crippen molar-refractivity contribution in [1.82, 2.24) is 4.90 Å². The van der Waals surface area contributed by atoms with Crippen LogP contribution in [-0.2, 0) is 33.9 Å². The molecular formula is C27H45NO10. The Morgan fingerprint density at radius 2 is 1.34 bits per heavy atom. The Morgan fingerprint density at radius 1 is 0.842 bits per heavy atom. The Kier molecular flexibility index (Phi) is 15.2. The number of aliphatic hydroxyl groups is 1. The lowest BCUT2D eigenvalue weighted by Crippen LogP contribution is -2.54. The number of nitrogens with zero attached hydrogens (tertiary/aromatic N) is 1. The molecule has 218 valence electrons. The number of likely N-dealkylation sites (N-methyl/N-ethyl adjacent to an activating group) is 1. The lowest BCUT2D eigenvalue weighted by atomic mass is 9.77. The summed E-state index contributed by atoms with van der Waals surface area (Å²) in [4.78, 5) is 25.9. The molecule has 0 spiro atoms. The molecule has 0 saturated heterocycles. The van der Waals surface area contributed by atoms with Crippen LogP contribution in [0.15, 0.2) is 24.3 Å². The van der Waals surface area contributed by atoms with Crippen molar-refractivity contribution in [2.24, 2.45) is 0 Å². The van der Waals surface area contributed by atoms with Crippen molar-refractivity contribution in [2.75, 3.05) is 73.1 Å². The number of carboxylic acid groups (broad SMARTS) is 1. The van der Waals surface area contributed by atoms with Gasteiger partial charge in [-0.3, -0.25) is 4.90 Å². The van der Waals surface area contributed by atoms with E-state index in [1.54, 1.807) is 52.8 Å². The number of aliphatic hydroxyl groups excluding tert-OH is 1. The molecule has 0 unspecified atom stereocenters. The van der Waals surface area contributed by atoms with Gasteiger partial charge in [0, 0.05) is 12.5 Å². The summed E-state index contributed by atoms with van der Waals surface area (Å²) in [6.07, 6.45) is -0.706. The van der Waals surface area contributed by atoms with E-state index in [0.29, 0.717) is 70.8 Å². The molecule has 0 radical (unpaired) electrons. The minimum atomic E-state index is -1.17. The van der Waals surface area contributed by atoms with Crippen LogP contribution in [-0.4, -0.2) is 112 Å². The minimum absolute atomic E-state index is 0.00111. The quantitative estimate of drug-likeness (QED) is 0.251. The van der Waals surface area contributed by atoms with E-state index in [2.05, 4.69) is 0 Å². The normalized spacial score (nSPS) is 12.7. The van der Waals surface area contributed by atoms with Crippen molar-refractivity contribution in [3.8, 4) is 5.75 Å². The number of ether oxygens (including phenoxy) is 6. The number of carboxylic acids is 1. The van der Waals surface area contributed by atoms with E-state index in [9.17, 15) is 14.7 Å². The van der Waals surface area contributed by atoms with Crippen LogP contribution in [0, 0.1) is 0 Å². The molecule has 1 aromatic rings. The SMILES string of the molecule is CN(C(=O)OC(C)(C)C)[C@H](C(=O)O)C(C)(C)c1cccc(OCCOCCOCCOCCOCCO)c1. The molecule has 1 atom stereocenters. The molecule has 0 aliphatic rings. The Labute approximate surface area is 225 Å². The minimum Gasteiger partial charge on any atom is -0.491 e. The molecule has 0 aromatic heterocycles. The fraction of sp³-hybridized carbons (Fsp3) is 0.704. The van der Waals surface area contributed by atoms with Gasteiger partial charge in [-0.2, -0.15) is 0 Å². The van der Waals surface area contributed by atoms with Crippen LogP contribution in [0.1, 0.15) is 40.2 Å². The van der Waals surface area contributed by atoms with Gasteiger partial charge in [0.15, 0.2) is 0 Å². The van der Waals surface area contributed by atoms with Crippen LogP contribution in [0.4, 0.5) is 4.79 Å². The number of hydrogen-bond acceptors (Lipinski definition) is 9. The Balaban J connectivity index is 2.47. The lowest BCUT2D eigenvalue weighted by molar-refractivity contribution is -0.145. The summed E-state index contributed by atoms with van der Waals surface area (Å²) < 4.78 is 32.5. The molecule has 0 fully saturated rings. The zero-order valence-electron chi connectivity index (χ0n) is 23.6. The highest BCUT2D eigenvalue weighted by Crippen LogP contribution is 2.33. The molecule has 0 heterocycles. The summed E-state index contributed by atoms with van der Waals surface area (Å²) in [5, 5.41) is 18.6. The maximum absolute atomic E-state index is 12.6. The largest absolute Gasteiger partial charge is 0.491 e. The number of hydrogen-bond donors (Lipinski definition) is 2. The predicted molar refractivity (Wildman–Crippen MR) is 141 cm³/mol. The van der Waals surface area contributed by atoms with Crippen molar-refractivity contribution in [3.63, 3.8) is 0 Å². The van der Waals surface area contributed by atoms with Gasteiger partial charge >= 0.3 is 12.1 Å². The van der Waals surface area contributed by atoms with Gasteiger partial charge in [-0.25, -0.2) is 9.59 Å². The monoisotopic (exact) mass is 543 g/mol. The third kappa shape index (κ3) is 12.9. The molecule has 2 N–H and O–H groups in total. The number of aliphatic carboxylic acids is 1. The van der Waals surface area contributed by atoms with E-state index in [-0.39, 0.29) is 6.61 Å². The number of carbonyl (C=O) groups excluding carboxylic acids is 1. The average molecular weight is 544 g/mol. The van der Waals surface area contributed by atoms with Gasteiger partial charge in [0.1, 0.15) is 24.0 Å². The second kappa shape index (κ2) is 17.2. The number of benzene rings is 1. The molecular weight excluding hydrogens is 498 g/mol. The van der Waals surface area contributed by atoms with Gasteiger partial charge in [0.25, 0.3) is 0 Å². The molecule has 0 saturated carbocycles. The van der Waals surface area contributed by atoms with Crippen LogP contribution in [0.25, 0.3) is 0 Å². The summed E-state index contributed by atoms with van der Waals surface area (Å²) in [6, 6.07) is 5.99. The van der Waals surface area contributed by atoms with Gasteiger partial charge in [-0.05, 0) is 38.5 Å². The number of amides is 1. The molecule has 0 bridgehead atoms. The van der Waals surface area contributed by atoms with Crippen LogP contribution >= 0.6 is 0 Å². The van der Waals surface area contributed by atoms with Crippen molar-refractivity contribution in [3.05, 3.63) is 29.8 Å². The third-order valence-corrected chi connectivity index (χ3v) is 5.41. The first kappa shape index (κ1) is 33.6. The maximum atomic E-state index is 12.6. The van der Waals surface area contributed by atoms with Crippen molar-refractivity contribution < 1.29 is 48.2 Å². The third-order valence-electron chi connectivity index (χ3n) is 5.41. The first-order chi connectivity index (χ1) is 17.9. The first-order valence-electron chi connectivity index (χ1n) is 12.7. The summed E-state index contributed by atoms with van der Waals surface area (Å²) in [5.74, 6) is -0.566. The first-order valence-corrected chi connectivity index (χ1v) is 12.7. The second-order valence-corrected chi connectivity index (χ2v) is 10.1. The van der Waals surface area contributed by atoms with E-state index < -0.39 is 29.1 Å². The van der Waals surface area contributed by atoms with Crippen molar-refractivity contribution in [1.29, 1.82) is 0 Å². The summed E-state index contributed by atoms with van der Waals surface area (Å²) in [6.45, 7) is 12.3. The van der Waals surface area contributed by atoms with Gasteiger partial charge in [0.2, 0.25) is 0 Å².